The Hall–Kier alpha value is -4.07. The molecule has 0 unspecified atom stereocenters. The van der Waals surface area contributed by atoms with Gasteiger partial charge in [0.25, 0.3) is 24.3 Å². The third kappa shape index (κ3) is 4.11. The van der Waals surface area contributed by atoms with Gasteiger partial charge in [0.15, 0.2) is 6.20 Å². The van der Waals surface area contributed by atoms with Crippen LogP contribution < -0.4 is 18.6 Å². The molecule has 8 nitrogen and oxygen atoms in total. The molecule has 0 fully saturated rings. The summed E-state index contributed by atoms with van der Waals surface area (Å²) in [6, 6.07) is 13.2. The van der Waals surface area contributed by atoms with Gasteiger partial charge < -0.3 is 14.6 Å². The molecule has 1 aromatic carbocycles. The summed E-state index contributed by atoms with van der Waals surface area (Å²) in [4.78, 5) is 33.0. The van der Waals surface area contributed by atoms with Crippen molar-refractivity contribution in [3.05, 3.63) is 60.3 Å². The topological polar surface area (TPSA) is 97.7 Å². The summed E-state index contributed by atoms with van der Waals surface area (Å²) < 4.78 is 13.6. The number of carboxylic acid groups (broad SMARTS) is 1. The number of carbonyl (C=O) groups is 3. The number of pyridine rings is 2. The number of nitrogens with zero attached hydrogens (tertiary/aromatic N) is 2. The molecule has 0 aliphatic carbocycles. The molecule has 3 aromatic rings. The highest BCUT2D eigenvalue weighted by molar-refractivity contribution is 5.88. The summed E-state index contributed by atoms with van der Waals surface area (Å²) in [6.45, 7) is 0.663. The fourth-order valence-corrected chi connectivity index (χ4v) is 3.02. The highest BCUT2D eigenvalue weighted by Crippen LogP contribution is 2.27. The maximum absolute atomic E-state index is 11.4. The maximum atomic E-state index is 11.4. The van der Waals surface area contributed by atoms with Crippen molar-refractivity contribution in [3.63, 3.8) is 0 Å². The number of ether oxygens (including phenoxy) is 2. The zero-order chi connectivity index (χ0) is 21.0. The molecule has 3 rings (SSSR count). The van der Waals surface area contributed by atoms with Crippen LogP contribution in [0.1, 0.15) is 10.4 Å². The summed E-state index contributed by atoms with van der Waals surface area (Å²) in [5.41, 5.74) is 2.72. The molecule has 2 heterocycles. The first-order valence-corrected chi connectivity index (χ1v) is 8.53. The largest absolute Gasteiger partial charge is 0.478 e. The summed E-state index contributed by atoms with van der Waals surface area (Å²) >= 11 is 0. The molecule has 0 aliphatic heterocycles. The highest BCUT2D eigenvalue weighted by Gasteiger charge is 2.26. The van der Waals surface area contributed by atoms with Gasteiger partial charge in [0, 0.05) is 17.7 Å². The molecule has 0 atom stereocenters. The van der Waals surface area contributed by atoms with Crippen LogP contribution in [0, 0.1) is 0 Å². The summed E-state index contributed by atoms with van der Waals surface area (Å²) in [6.07, 6.45) is 1.64. The summed E-state index contributed by atoms with van der Waals surface area (Å²) in [5.74, 6) is -0.404. The molecule has 0 radical (unpaired) electrons. The van der Waals surface area contributed by atoms with Crippen LogP contribution in [0.4, 0.5) is 0 Å². The summed E-state index contributed by atoms with van der Waals surface area (Å²) in [7, 11) is 3.59. The van der Waals surface area contributed by atoms with E-state index in [-0.39, 0.29) is 11.3 Å². The third-order valence-electron chi connectivity index (χ3n) is 4.44. The van der Waals surface area contributed by atoms with E-state index in [0.717, 1.165) is 0 Å². The minimum atomic E-state index is -1.05. The second-order valence-corrected chi connectivity index (χ2v) is 6.19. The minimum Gasteiger partial charge on any atom is -0.478 e. The Bertz CT molecular complexity index is 1110. The smallest absolute Gasteiger partial charge is 0.336 e. The van der Waals surface area contributed by atoms with Crippen LogP contribution >= 0.6 is 0 Å². The SMILES string of the molecule is C[n+]1ccc(C(=O)O)cc1-c1cc(OC=O)cc(-c2cccc(OC=O)c2)[n+]1C. The van der Waals surface area contributed by atoms with E-state index in [1.54, 1.807) is 55.2 Å². The Morgan fingerprint density at radius 1 is 0.897 bits per heavy atom. The predicted molar refractivity (Wildman–Crippen MR) is 100 cm³/mol. The number of rotatable bonds is 7. The van der Waals surface area contributed by atoms with Crippen LogP contribution in [-0.4, -0.2) is 24.0 Å². The lowest BCUT2D eigenvalue weighted by Gasteiger charge is -2.08. The zero-order valence-electron chi connectivity index (χ0n) is 15.7. The number of benzene rings is 1. The Labute approximate surface area is 166 Å². The van der Waals surface area contributed by atoms with E-state index in [0.29, 0.717) is 41.3 Å². The highest BCUT2D eigenvalue weighted by atomic mass is 16.5. The van der Waals surface area contributed by atoms with Gasteiger partial charge in [0.1, 0.15) is 25.6 Å². The van der Waals surface area contributed by atoms with Crippen LogP contribution in [0.15, 0.2) is 54.7 Å². The third-order valence-corrected chi connectivity index (χ3v) is 4.44. The van der Waals surface area contributed by atoms with Gasteiger partial charge in [-0.1, -0.05) is 6.07 Å². The number of hydrogen-bond acceptors (Lipinski definition) is 5. The molecule has 146 valence electrons. The van der Waals surface area contributed by atoms with Gasteiger partial charge in [-0.2, -0.15) is 9.13 Å². The van der Waals surface area contributed by atoms with E-state index in [1.165, 1.54) is 12.1 Å². The molecule has 0 bridgehead atoms. The van der Waals surface area contributed by atoms with Crippen LogP contribution in [-0.2, 0) is 23.7 Å². The number of carboxylic acids is 1. The van der Waals surface area contributed by atoms with Crippen molar-refractivity contribution in [3.8, 4) is 34.1 Å². The van der Waals surface area contributed by atoms with Crippen molar-refractivity contribution in [2.24, 2.45) is 14.1 Å². The monoisotopic (exact) mass is 394 g/mol. The molecule has 8 heteroatoms. The Morgan fingerprint density at radius 3 is 2.28 bits per heavy atom. The molecule has 0 saturated carbocycles. The number of hydrogen-bond donors (Lipinski definition) is 1. The first kappa shape index (κ1) is 19.7. The number of aromatic carboxylic acids is 1. The van der Waals surface area contributed by atoms with Crippen molar-refractivity contribution < 1.29 is 38.1 Å². The van der Waals surface area contributed by atoms with E-state index in [2.05, 4.69) is 0 Å². The van der Waals surface area contributed by atoms with Gasteiger partial charge in [0.2, 0.25) is 5.69 Å². The predicted octanol–water partition coefficient (Wildman–Crippen LogP) is 1.44. The Kier molecular flexibility index (Phi) is 5.64. The lowest BCUT2D eigenvalue weighted by Crippen LogP contribution is -2.40. The van der Waals surface area contributed by atoms with E-state index in [4.69, 9.17) is 9.47 Å². The normalized spacial score (nSPS) is 10.3. The zero-order valence-corrected chi connectivity index (χ0v) is 15.7. The quantitative estimate of drug-likeness (QED) is 0.481. The van der Waals surface area contributed by atoms with Crippen molar-refractivity contribution in [2.45, 2.75) is 0 Å². The molecule has 0 spiro atoms. The van der Waals surface area contributed by atoms with Gasteiger partial charge in [-0.25, -0.2) is 4.79 Å². The lowest BCUT2D eigenvalue weighted by molar-refractivity contribution is -0.685. The number of carbonyl (C=O) groups excluding carboxylic acids is 2. The fraction of sp³-hybridized carbons (Fsp3) is 0.0952. The van der Waals surface area contributed by atoms with Crippen LogP contribution in [0.5, 0.6) is 11.5 Å². The molecular weight excluding hydrogens is 376 g/mol. The van der Waals surface area contributed by atoms with E-state index in [1.807, 2.05) is 10.6 Å². The Balaban J connectivity index is 2.25. The van der Waals surface area contributed by atoms with Crippen molar-refractivity contribution in [2.75, 3.05) is 0 Å². The standard InChI is InChI=1S/C21H17N2O6/c1-22-7-6-15(21(26)27)9-19(22)20-11-17(29-13-25)10-18(23(20)2)14-4-3-5-16(8-14)28-12-24/h3-13H,1-2H3/q+1/p+1. The molecular formula is C21H18N2O6+2. The molecule has 1 N–H and O–H groups in total. The molecule has 0 amide bonds. The van der Waals surface area contributed by atoms with Gasteiger partial charge in [0.05, 0.1) is 17.7 Å². The van der Waals surface area contributed by atoms with E-state index < -0.39 is 5.97 Å². The van der Waals surface area contributed by atoms with Gasteiger partial charge in [-0.15, -0.1) is 0 Å². The van der Waals surface area contributed by atoms with E-state index in [9.17, 15) is 19.5 Å². The lowest BCUT2D eigenvalue weighted by atomic mass is 10.1. The molecule has 29 heavy (non-hydrogen) atoms. The minimum absolute atomic E-state index is 0.128. The first-order valence-electron chi connectivity index (χ1n) is 8.53. The maximum Gasteiger partial charge on any atom is 0.336 e. The van der Waals surface area contributed by atoms with Gasteiger partial charge >= 0.3 is 5.97 Å². The summed E-state index contributed by atoms with van der Waals surface area (Å²) in [5, 5.41) is 9.34. The molecule has 2 aromatic heterocycles. The van der Waals surface area contributed by atoms with Crippen LogP contribution in [0.2, 0.25) is 0 Å². The molecule has 0 saturated heterocycles. The van der Waals surface area contributed by atoms with Crippen molar-refractivity contribution in [1.82, 2.24) is 0 Å². The second-order valence-electron chi connectivity index (χ2n) is 6.19. The average Bonchev–Trinajstić information content (AvgIpc) is 2.70. The van der Waals surface area contributed by atoms with Crippen molar-refractivity contribution in [1.29, 1.82) is 0 Å². The average molecular weight is 394 g/mol. The van der Waals surface area contributed by atoms with Gasteiger partial charge in [-0.05, 0) is 18.2 Å². The molecule has 0 aliphatic rings. The first-order chi connectivity index (χ1) is 13.9. The second kappa shape index (κ2) is 8.30. The Morgan fingerprint density at radius 2 is 1.59 bits per heavy atom. The van der Waals surface area contributed by atoms with Gasteiger partial charge in [-0.3, -0.25) is 9.59 Å². The van der Waals surface area contributed by atoms with Crippen LogP contribution in [0.3, 0.4) is 0 Å². The number of aryl methyl sites for hydroxylation is 1. The van der Waals surface area contributed by atoms with E-state index >= 15 is 0 Å². The number of aromatic nitrogens is 2. The van der Waals surface area contributed by atoms with Crippen molar-refractivity contribution >= 4 is 18.9 Å². The fourth-order valence-electron chi connectivity index (χ4n) is 3.02. The van der Waals surface area contributed by atoms with Crippen LogP contribution in [0.25, 0.3) is 22.6 Å².